The Balaban J connectivity index is 2.05. The molecule has 1 heterocycles. The standard InChI is InChI=1S/C19H17FN2O/c1-13-7-8-14(2)16(11-13)18-9-10-19(23)22(21-18)12-15-5-3-4-6-17(15)20/h3-11H,12H2,1-2H3. The predicted molar refractivity (Wildman–Crippen MR) is 88.9 cm³/mol. The van der Waals surface area contributed by atoms with Gasteiger partial charge in [0.1, 0.15) is 5.82 Å². The van der Waals surface area contributed by atoms with Gasteiger partial charge >= 0.3 is 0 Å². The summed E-state index contributed by atoms with van der Waals surface area (Å²) < 4.78 is 15.1. The summed E-state index contributed by atoms with van der Waals surface area (Å²) in [5.74, 6) is -0.335. The molecular formula is C19H17FN2O. The molecule has 0 unspecified atom stereocenters. The molecule has 0 saturated carbocycles. The lowest BCUT2D eigenvalue weighted by molar-refractivity contribution is 0.573. The van der Waals surface area contributed by atoms with Crippen LogP contribution in [0.4, 0.5) is 4.39 Å². The number of benzene rings is 2. The number of aryl methyl sites for hydroxylation is 2. The third-order valence-electron chi connectivity index (χ3n) is 3.81. The van der Waals surface area contributed by atoms with Crippen molar-refractivity contribution in [1.29, 1.82) is 0 Å². The number of rotatable bonds is 3. The smallest absolute Gasteiger partial charge is 0.267 e. The van der Waals surface area contributed by atoms with Crippen molar-refractivity contribution in [3.05, 3.63) is 87.5 Å². The first-order chi connectivity index (χ1) is 11.0. The van der Waals surface area contributed by atoms with Crippen molar-refractivity contribution < 1.29 is 4.39 Å². The topological polar surface area (TPSA) is 34.9 Å². The molecule has 0 radical (unpaired) electrons. The van der Waals surface area contributed by atoms with Crippen molar-refractivity contribution in [2.45, 2.75) is 20.4 Å². The molecule has 0 aliphatic carbocycles. The molecule has 4 heteroatoms. The summed E-state index contributed by atoms with van der Waals surface area (Å²) in [6, 6.07) is 15.7. The van der Waals surface area contributed by atoms with E-state index in [4.69, 9.17) is 0 Å². The van der Waals surface area contributed by atoms with Crippen LogP contribution in [-0.2, 0) is 6.54 Å². The Morgan fingerprint density at radius 3 is 2.61 bits per heavy atom. The molecule has 3 rings (SSSR count). The van der Waals surface area contributed by atoms with Gasteiger partial charge in [0.05, 0.1) is 12.2 Å². The van der Waals surface area contributed by atoms with E-state index in [2.05, 4.69) is 5.10 Å². The van der Waals surface area contributed by atoms with Gasteiger partial charge in [0, 0.05) is 17.2 Å². The van der Waals surface area contributed by atoms with Crippen LogP contribution >= 0.6 is 0 Å². The van der Waals surface area contributed by atoms with Gasteiger partial charge in [-0.25, -0.2) is 9.07 Å². The quantitative estimate of drug-likeness (QED) is 0.739. The normalized spacial score (nSPS) is 10.7. The molecule has 3 nitrogen and oxygen atoms in total. The van der Waals surface area contributed by atoms with Gasteiger partial charge in [-0.15, -0.1) is 0 Å². The van der Waals surface area contributed by atoms with Crippen LogP contribution in [-0.4, -0.2) is 9.78 Å². The van der Waals surface area contributed by atoms with Gasteiger partial charge in [-0.3, -0.25) is 4.79 Å². The van der Waals surface area contributed by atoms with Gasteiger partial charge in [-0.05, 0) is 37.6 Å². The Bertz CT molecular complexity index is 915. The summed E-state index contributed by atoms with van der Waals surface area (Å²) in [5.41, 5.74) is 4.09. The van der Waals surface area contributed by atoms with Crippen LogP contribution in [0.25, 0.3) is 11.3 Å². The second-order valence-electron chi connectivity index (χ2n) is 5.62. The number of halogens is 1. The first kappa shape index (κ1) is 15.2. The van der Waals surface area contributed by atoms with E-state index in [1.165, 1.54) is 16.8 Å². The van der Waals surface area contributed by atoms with Crippen LogP contribution in [0.3, 0.4) is 0 Å². The van der Waals surface area contributed by atoms with Crippen molar-refractivity contribution in [1.82, 2.24) is 9.78 Å². The molecule has 0 saturated heterocycles. The minimum Gasteiger partial charge on any atom is -0.268 e. The summed E-state index contributed by atoms with van der Waals surface area (Å²) in [7, 11) is 0. The number of hydrogen-bond acceptors (Lipinski definition) is 2. The third-order valence-corrected chi connectivity index (χ3v) is 3.81. The summed E-state index contributed by atoms with van der Waals surface area (Å²) in [6.07, 6.45) is 0. The van der Waals surface area contributed by atoms with Crippen molar-refractivity contribution >= 4 is 0 Å². The predicted octanol–water partition coefficient (Wildman–Crippen LogP) is 3.71. The van der Waals surface area contributed by atoms with Gasteiger partial charge in [0.2, 0.25) is 0 Å². The van der Waals surface area contributed by atoms with Crippen molar-refractivity contribution in [2.75, 3.05) is 0 Å². The Morgan fingerprint density at radius 2 is 1.83 bits per heavy atom. The summed E-state index contributed by atoms with van der Waals surface area (Å²) >= 11 is 0. The monoisotopic (exact) mass is 308 g/mol. The van der Waals surface area contributed by atoms with Gasteiger partial charge < -0.3 is 0 Å². The van der Waals surface area contributed by atoms with Crippen molar-refractivity contribution in [3.8, 4) is 11.3 Å². The molecule has 2 aromatic carbocycles. The molecule has 0 aliphatic rings. The Morgan fingerprint density at radius 1 is 1.04 bits per heavy atom. The van der Waals surface area contributed by atoms with Crippen LogP contribution in [0.5, 0.6) is 0 Å². The summed E-state index contributed by atoms with van der Waals surface area (Å²) in [5, 5.41) is 4.42. The lowest BCUT2D eigenvalue weighted by Crippen LogP contribution is -2.23. The average Bonchev–Trinajstić information content (AvgIpc) is 2.54. The van der Waals surface area contributed by atoms with Gasteiger partial charge in [0.25, 0.3) is 5.56 Å². The lowest BCUT2D eigenvalue weighted by Gasteiger charge is -2.10. The second kappa shape index (κ2) is 6.16. The van der Waals surface area contributed by atoms with Crippen LogP contribution in [0.2, 0.25) is 0 Å². The highest BCUT2D eigenvalue weighted by atomic mass is 19.1. The number of nitrogens with zero attached hydrogens (tertiary/aromatic N) is 2. The third kappa shape index (κ3) is 3.21. The van der Waals surface area contributed by atoms with E-state index in [-0.39, 0.29) is 17.9 Å². The molecule has 0 fully saturated rings. The fourth-order valence-corrected chi connectivity index (χ4v) is 2.51. The Hall–Kier alpha value is -2.75. The maximum atomic E-state index is 13.8. The van der Waals surface area contributed by atoms with Crippen LogP contribution in [0.15, 0.2) is 59.4 Å². The van der Waals surface area contributed by atoms with Crippen LogP contribution in [0.1, 0.15) is 16.7 Å². The molecule has 1 aromatic heterocycles. The van der Waals surface area contributed by atoms with Gasteiger partial charge in [-0.2, -0.15) is 5.10 Å². The molecule has 0 atom stereocenters. The molecule has 0 N–H and O–H groups in total. The first-order valence-electron chi connectivity index (χ1n) is 7.44. The fraction of sp³-hybridized carbons (Fsp3) is 0.158. The number of hydrogen-bond donors (Lipinski definition) is 0. The molecule has 116 valence electrons. The van der Waals surface area contributed by atoms with E-state index in [1.807, 2.05) is 32.0 Å². The highest BCUT2D eigenvalue weighted by Gasteiger charge is 2.09. The molecule has 0 bridgehead atoms. The minimum absolute atomic E-state index is 0.115. The fourth-order valence-electron chi connectivity index (χ4n) is 2.51. The molecule has 0 spiro atoms. The average molecular weight is 308 g/mol. The van der Waals surface area contributed by atoms with Crippen LogP contribution < -0.4 is 5.56 Å². The molecule has 0 amide bonds. The highest BCUT2D eigenvalue weighted by Crippen LogP contribution is 2.21. The summed E-state index contributed by atoms with van der Waals surface area (Å²) in [6.45, 7) is 4.13. The second-order valence-corrected chi connectivity index (χ2v) is 5.62. The van der Waals surface area contributed by atoms with E-state index >= 15 is 0 Å². The Labute approximate surface area is 134 Å². The zero-order valence-electron chi connectivity index (χ0n) is 13.1. The maximum absolute atomic E-state index is 13.8. The zero-order valence-corrected chi connectivity index (χ0v) is 13.1. The Kier molecular flexibility index (Phi) is 4.06. The van der Waals surface area contributed by atoms with Crippen LogP contribution in [0, 0.1) is 19.7 Å². The van der Waals surface area contributed by atoms with Crippen molar-refractivity contribution in [2.24, 2.45) is 0 Å². The van der Waals surface area contributed by atoms with Gasteiger partial charge in [0.15, 0.2) is 0 Å². The first-order valence-corrected chi connectivity index (χ1v) is 7.44. The van der Waals surface area contributed by atoms with Crippen molar-refractivity contribution in [3.63, 3.8) is 0 Å². The number of aromatic nitrogens is 2. The molecule has 0 aliphatic heterocycles. The van der Waals surface area contributed by atoms with E-state index in [0.717, 1.165) is 16.7 Å². The molecular weight excluding hydrogens is 291 g/mol. The molecule has 23 heavy (non-hydrogen) atoms. The van der Waals surface area contributed by atoms with E-state index in [0.29, 0.717) is 11.3 Å². The molecule has 3 aromatic rings. The maximum Gasteiger partial charge on any atom is 0.267 e. The van der Waals surface area contributed by atoms with E-state index < -0.39 is 0 Å². The van der Waals surface area contributed by atoms with Gasteiger partial charge in [-0.1, -0.05) is 35.9 Å². The zero-order chi connectivity index (χ0) is 16.4. The SMILES string of the molecule is Cc1ccc(C)c(-c2ccc(=O)n(Cc3ccccc3F)n2)c1. The van der Waals surface area contributed by atoms with E-state index in [9.17, 15) is 9.18 Å². The minimum atomic E-state index is -0.335. The highest BCUT2D eigenvalue weighted by molar-refractivity contribution is 5.63. The largest absolute Gasteiger partial charge is 0.268 e. The summed E-state index contributed by atoms with van der Waals surface area (Å²) in [4.78, 5) is 12.0. The lowest BCUT2D eigenvalue weighted by atomic mass is 10.0. The van der Waals surface area contributed by atoms with E-state index in [1.54, 1.807) is 24.3 Å².